The number of nitrogens with one attached hydrogen (secondary N) is 1. The number of hydrogen-bond donors (Lipinski definition) is 2. The SMILES string of the molecule is COCCN1CCC(Oc2ncc([C@H]3CC[C@H](O)CC3)c3nc(N[C@@H](C)CC(F)(F)F)ncc23)CC1. The number of rotatable bonds is 9. The van der Waals surface area contributed by atoms with Crippen LogP contribution < -0.4 is 10.1 Å². The third-order valence-corrected chi connectivity index (χ3v) is 7.09. The van der Waals surface area contributed by atoms with Crippen molar-refractivity contribution in [2.75, 3.05) is 38.7 Å². The molecular formula is C25H36F3N5O3. The summed E-state index contributed by atoms with van der Waals surface area (Å²) in [5, 5.41) is 13.4. The summed E-state index contributed by atoms with van der Waals surface area (Å²) in [4.78, 5) is 15.9. The second-order valence-corrected chi connectivity index (χ2v) is 10.00. The van der Waals surface area contributed by atoms with Gasteiger partial charge in [-0.25, -0.2) is 15.0 Å². The molecule has 1 aliphatic heterocycles. The summed E-state index contributed by atoms with van der Waals surface area (Å²) >= 11 is 0. The lowest BCUT2D eigenvalue weighted by Gasteiger charge is -2.32. The minimum absolute atomic E-state index is 0.0137. The lowest BCUT2D eigenvalue weighted by Crippen LogP contribution is -2.39. The Hall–Kier alpha value is -2.24. The lowest BCUT2D eigenvalue weighted by atomic mass is 9.83. The summed E-state index contributed by atoms with van der Waals surface area (Å²) in [6, 6.07) is -0.864. The van der Waals surface area contributed by atoms with Gasteiger partial charge in [-0.3, -0.25) is 0 Å². The fourth-order valence-corrected chi connectivity index (χ4v) is 5.11. The molecular weight excluding hydrogens is 475 g/mol. The van der Waals surface area contributed by atoms with Crippen LogP contribution in [0.3, 0.4) is 0 Å². The number of aromatic nitrogens is 3. The van der Waals surface area contributed by atoms with Crippen molar-refractivity contribution in [2.45, 2.75) is 82.2 Å². The van der Waals surface area contributed by atoms with Crippen LogP contribution in [0.1, 0.15) is 63.4 Å². The maximum atomic E-state index is 12.8. The van der Waals surface area contributed by atoms with Gasteiger partial charge >= 0.3 is 6.18 Å². The summed E-state index contributed by atoms with van der Waals surface area (Å²) in [5.41, 5.74) is 1.57. The molecule has 0 unspecified atom stereocenters. The number of anilines is 1. The number of ether oxygens (including phenoxy) is 2. The highest BCUT2D eigenvalue weighted by molar-refractivity contribution is 5.86. The molecule has 2 aliphatic rings. The van der Waals surface area contributed by atoms with Crippen LogP contribution in [0.25, 0.3) is 10.9 Å². The molecule has 1 aliphatic carbocycles. The number of nitrogens with zero attached hydrogens (tertiary/aromatic N) is 4. The highest BCUT2D eigenvalue weighted by Gasteiger charge is 2.31. The Morgan fingerprint density at radius 2 is 1.83 bits per heavy atom. The van der Waals surface area contributed by atoms with E-state index in [1.807, 2.05) is 0 Å². The molecule has 200 valence electrons. The average Bonchev–Trinajstić information content (AvgIpc) is 2.83. The number of aliphatic hydroxyl groups is 1. The van der Waals surface area contributed by atoms with Gasteiger partial charge in [-0.05, 0) is 51.4 Å². The first kappa shape index (κ1) is 26.8. The number of piperidine rings is 1. The second-order valence-electron chi connectivity index (χ2n) is 10.00. The van der Waals surface area contributed by atoms with E-state index in [9.17, 15) is 18.3 Å². The predicted octanol–water partition coefficient (Wildman–Crippen LogP) is 4.29. The number of likely N-dealkylation sites (tertiary alicyclic amines) is 1. The molecule has 2 N–H and O–H groups in total. The first-order valence-corrected chi connectivity index (χ1v) is 12.8. The number of alkyl halides is 3. The first-order valence-electron chi connectivity index (χ1n) is 12.8. The summed E-state index contributed by atoms with van der Waals surface area (Å²) in [6.45, 7) is 4.88. The fourth-order valence-electron chi connectivity index (χ4n) is 5.11. The number of aliphatic hydroxyl groups excluding tert-OH is 1. The summed E-state index contributed by atoms with van der Waals surface area (Å²) < 4.78 is 50.0. The predicted molar refractivity (Wildman–Crippen MR) is 130 cm³/mol. The molecule has 0 radical (unpaired) electrons. The molecule has 1 saturated carbocycles. The van der Waals surface area contributed by atoms with E-state index in [0.29, 0.717) is 36.2 Å². The Morgan fingerprint density at radius 3 is 2.50 bits per heavy atom. The maximum Gasteiger partial charge on any atom is 0.391 e. The van der Waals surface area contributed by atoms with E-state index in [2.05, 4.69) is 25.2 Å². The van der Waals surface area contributed by atoms with E-state index in [0.717, 1.165) is 50.9 Å². The van der Waals surface area contributed by atoms with Crippen molar-refractivity contribution in [1.82, 2.24) is 19.9 Å². The molecule has 36 heavy (non-hydrogen) atoms. The third kappa shape index (κ3) is 7.17. The van der Waals surface area contributed by atoms with Crippen LogP contribution in [0, 0.1) is 0 Å². The van der Waals surface area contributed by atoms with Crippen molar-refractivity contribution in [1.29, 1.82) is 0 Å². The zero-order chi connectivity index (χ0) is 25.7. The molecule has 2 fully saturated rings. The number of pyridine rings is 1. The van der Waals surface area contributed by atoms with E-state index >= 15 is 0 Å². The molecule has 4 rings (SSSR count). The van der Waals surface area contributed by atoms with Crippen LogP contribution in [-0.4, -0.2) is 82.7 Å². The molecule has 8 nitrogen and oxygen atoms in total. The minimum Gasteiger partial charge on any atom is -0.474 e. The van der Waals surface area contributed by atoms with Crippen LogP contribution >= 0.6 is 0 Å². The van der Waals surface area contributed by atoms with Crippen molar-refractivity contribution >= 4 is 16.9 Å². The standard InChI is InChI=1S/C25H36F3N5O3/c1-16(13-25(26,27)28)31-24-30-15-21-22(32-24)20(17-3-5-18(34)6-4-17)14-29-23(21)36-19-7-9-33(10-8-19)11-12-35-2/h14-19,34H,3-13H2,1-2H3,(H,30,31,32)/t16-,17-,18-/m0/s1. The van der Waals surface area contributed by atoms with Gasteiger partial charge < -0.3 is 24.8 Å². The Kier molecular flexibility index (Phi) is 8.84. The highest BCUT2D eigenvalue weighted by atomic mass is 19.4. The Bertz CT molecular complexity index is 993. The Balaban J connectivity index is 1.56. The molecule has 2 aromatic heterocycles. The summed E-state index contributed by atoms with van der Waals surface area (Å²) in [6.07, 6.45) is 2.58. The van der Waals surface area contributed by atoms with E-state index in [1.165, 1.54) is 6.92 Å². The van der Waals surface area contributed by atoms with Gasteiger partial charge in [-0.2, -0.15) is 13.2 Å². The molecule has 0 amide bonds. The topological polar surface area (TPSA) is 92.6 Å². The van der Waals surface area contributed by atoms with Gasteiger partial charge in [0.25, 0.3) is 0 Å². The molecule has 0 bridgehead atoms. The van der Waals surface area contributed by atoms with Gasteiger partial charge in [0, 0.05) is 50.7 Å². The van der Waals surface area contributed by atoms with Gasteiger partial charge in [0.2, 0.25) is 11.8 Å². The van der Waals surface area contributed by atoms with Crippen molar-refractivity contribution in [3.63, 3.8) is 0 Å². The maximum absolute atomic E-state index is 12.8. The van der Waals surface area contributed by atoms with Crippen LogP contribution in [0.5, 0.6) is 5.88 Å². The van der Waals surface area contributed by atoms with Crippen molar-refractivity contribution in [2.24, 2.45) is 0 Å². The fraction of sp³-hybridized carbons (Fsp3) is 0.720. The molecule has 0 aromatic carbocycles. The molecule has 3 heterocycles. The lowest BCUT2D eigenvalue weighted by molar-refractivity contribution is -0.136. The largest absolute Gasteiger partial charge is 0.474 e. The molecule has 1 saturated heterocycles. The Morgan fingerprint density at radius 1 is 1.11 bits per heavy atom. The summed E-state index contributed by atoms with van der Waals surface area (Å²) in [7, 11) is 1.70. The zero-order valence-corrected chi connectivity index (χ0v) is 20.9. The third-order valence-electron chi connectivity index (χ3n) is 7.09. The molecule has 2 aromatic rings. The van der Waals surface area contributed by atoms with Crippen LogP contribution in [0.2, 0.25) is 0 Å². The normalized spacial score (nSPS) is 23.1. The van der Waals surface area contributed by atoms with Gasteiger partial charge in [0.05, 0.1) is 30.0 Å². The van der Waals surface area contributed by atoms with Crippen molar-refractivity contribution in [3.8, 4) is 5.88 Å². The van der Waals surface area contributed by atoms with Gasteiger partial charge in [-0.1, -0.05) is 0 Å². The number of fused-ring (bicyclic) bond motifs is 1. The Labute approximate surface area is 209 Å². The van der Waals surface area contributed by atoms with Gasteiger partial charge in [0.15, 0.2) is 0 Å². The van der Waals surface area contributed by atoms with E-state index in [4.69, 9.17) is 9.47 Å². The quantitative estimate of drug-likeness (QED) is 0.515. The van der Waals surface area contributed by atoms with E-state index in [-0.39, 0.29) is 24.1 Å². The van der Waals surface area contributed by atoms with E-state index < -0.39 is 18.6 Å². The number of methoxy groups -OCH3 is 1. The number of halogens is 3. The number of hydrogen-bond acceptors (Lipinski definition) is 8. The zero-order valence-electron chi connectivity index (χ0n) is 20.9. The van der Waals surface area contributed by atoms with Gasteiger partial charge in [-0.15, -0.1) is 0 Å². The average molecular weight is 512 g/mol. The smallest absolute Gasteiger partial charge is 0.391 e. The highest BCUT2D eigenvalue weighted by Crippen LogP contribution is 2.38. The minimum atomic E-state index is -4.28. The monoisotopic (exact) mass is 511 g/mol. The van der Waals surface area contributed by atoms with Crippen molar-refractivity contribution in [3.05, 3.63) is 18.0 Å². The summed E-state index contributed by atoms with van der Waals surface area (Å²) in [5.74, 6) is 0.770. The second kappa shape index (κ2) is 11.9. The first-order chi connectivity index (χ1) is 17.2. The van der Waals surface area contributed by atoms with Crippen LogP contribution in [0.15, 0.2) is 12.4 Å². The molecule has 11 heteroatoms. The molecule has 1 atom stereocenters. The van der Waals surface area contributed by atoms with Crippen molar-refractivity contribution < 1.29 is 27.8 Å². The van der Waals surface area contributed by atoms with E-state index in [1.54, 1.807) is 19.5 Å². The molecule has 0 spiro atoms. The van der Waals surface area contributed by atoms with Crippen LogP contribution in [0.4, 0.5) is 19.1 Å². The van der Waals surface area contributed by atoms with Gasteiger partial charge in [0.1, 0.15) is 6.10 Å². The van der Waals surface area contributed by atoms with Crippen LogP contribution in [-0.2, 0) is 4.74 Å².